The Bertz CT molecular complexity index is 318. The van der Waals surface area contributed by atoms with Crippen molar-refractivity contribution in [3.63, 3.8) is 0 Å². The van der Waals surface area contributed by atoms with Gasteiger partial charge in [-0.05, 0) is 31.5 Å². The van der Waals surface area contributed by atoms with E-state index >= 15 is 0 Å². The quantitative estimate of drug-likeness (QED) is 0.543. The number of hydrogen-bond donors (Lipinski definition) is 1. The van der Waals surface area contributed by atoms with Crippen LogP contribution in [0, 0.1) is 6.92 Å². The topological polar surface area (TPSA) is 34.4 Å². The summed E-state index contributed by atoms with van der Waals surface area (Å²) in [5, 5.41) is 3.32. The molecule has 0 spiro atoms. The lowest BCUT2D eigenvalue weighted by Gasteiger charge is -2.01. The maximum atomic E-state index is 5.69. The van der Waals surface area contributed by atoms with Crippen molar-refractivity contribution in [2.24, 2.45) is 0 Å². The van der Waals surface area contributed by atoms with E-state index in [-0.39, 0.29) is 0 Å². The Morgan fingerprint density at radius 3 is 3.06 bits per heavy atom. The molecule has 0 aliphatic heterocycles. The zero-order valence-corrected chi connectivity index (χ0v) is 10.2. The Labute approximate surface area is 97.5 Å². The molecule has 0 aromatic carbocycles. The minimum atomic E-state index is 0.515. The number of aryl methyl sites for hydroxylation is 1. The van der Waals surface area contributed by atoms with Gasteiger partial charge in [-0.1, -0.05) is 13.0 Å². The molecule has 0 radical (unpaired) electrons. The van der Waals surface area contributed by atoms with E-state index in [2.05, 4.69) is 25.7 Å². The van der Waals surface area contributed by atoms with Gasteiger partial charge in [0.05, 0.1) is 13.2 Å². The number of ether oxygens (including phenoxy) is 1. The van der Waals surface area contributed by atoms with Gasteiger partial charge in [-0.3, -0.25) is 0 Å². The molecule has 0 aliphatic carbocycles. The van der Waals surface area contributed by atoms with Crippen LogP contribution in [0.3, 0.4) is 0 Å². The lowest BCUT2D eigenvalue weighted by Crippen LogP contribution is -2.13. The van der Waals surface area contributed by atoms with Crippen molar-refractivity contribution >= 4 is 0 Å². The number of nitrogens with one attached hydrogen (secondary N) is 1. The minimum absolute atomic E-state index is 0.515. The summed E-state index contributed by atoms with van der Waals surface area (Å²) in [6, 6.07) is 2.03. The van der Waals surface area contributed by atoms with Crippen LogP contribution in [-0.4, -0.2) is 13.2 Å². The molecule has 16 heavy (non-hydrogen) atoms. The summed E-state index contributed by atoms with van der Waals surface area (Å²) >= 11 is 0. The van der Waals surface area contributed by atoms with Crippen molar-refractivity contribution in [3.8, 4) is 0 Å². The average molecular weight is 223 g/mol. The van der Waals surface area contributed by atoms with Gasteiger partial charge in [-0.15, -0.1) is 6.58 Å². The lowest BCUT2D eigenvalue weighted by molar-refractivity contribution is 0.130. The Morgan fingerprint density at radius 2 is 2.38 bits per heavy atom. The molecule has 3 heteroatoms. The summed E-state index contributed by atoms with van der Waals surface area (Å²) in [6.45, 7) is 10.7. The van der Waals surface area contributed by atoms with Gasteiger partial charge in [0.25, 0.3) is 0 Å². The first-order chi connectivity index (χ1) is 7.77. The molecule has 0 saturated heterocycles. The largest absolute Gasteiger partial charge is 0.462 e. The Kier molecular flexibility index (Phi) is 5.90. The molecule has 0 aliphatic rings. The van der Waals surface area contributed by atoms with Crippen molar-refractivity contribution in [2.75, 3.05) is 13.2 Å². The zero-order chi connectivity index (χ0) is 11.8. The van der Waals surface area contributed by atoms with Crippen molar-refractivity contribution in [1.82, 2.24) is 5.32 Å². The fourth-order valence-corrected chi connectivity index (χ4v) is 1.46. The van der Waals surface area contributed by atoms with Crippen molar-refractivity contribution < 1.29 is 9.15 Å². The molecule has 3 nitrogen and oxygen atoms in total. The van der Waals surface area contributed by atoms with Crippen LogP contribution in [0.4, 0.5) is 0 Å². The molecule has 0 fully saturated rings. The SMILES string of the molecule is C=CCOCc1cc(C)c(CNCCC)o1. The molecule has 1 rings (SSSR count). The Morgan fingerprint density at radius 1 is 1.56 bits per heavy atom. The van der Waals surface area contributed by atoms with Crippen molar-refractivity contribution in [3.05, 3.63) is 35.8 Å². The van der Waals surface area contributed by atoms with E-state index in [1.807, 2.05) is 6.07 Å². The third kappa shape index (κ3) is 4.21. The molecule has 0 atom stereocenters. The standard InChI is InChI=1S/C13H21NO2/c1-4-6-14-9-13-11(3)8-12(16-13)10-15-7-5-2/h5,8,14H,2,4,6-7,9-10H2,1,3H3. The first-order valence-corrected chi connectivity index (χ1v) is 5.75. The van der Waals surface area contributed by atoms with E-state index in [9.17, 15) is 0 Å². The second-order valence-electron chi connectivity index (χ2n) is 3.80. The first-order valence-electron chi connectivity index (χ1n) is 5.75. The molecule has 1 N–H and O–H groups in total. The molecule has 1 aromatic rings. The van der Waals surface area contributed by atoms with E-state index < -0.39 is 0 Å². The second kappa shape index (κ2) is 7.25. The van der Waals surface area contributed by atoms with Crippen LogP contribution in [0.1, 0.15) is 30.4 Å². The number of furan rings is 1. The van der Waals surface area contributed by atoms with E-state index in [0.717, 1.165) is 31.0 Å². The predicted molar refractivity (Wildman–Crippen MR) is 65.3 cm³/mol. The van der Waals surface area contributed by atoms with Gasteiger partial charge in [0.15, 0.2) is 0 Å². The minimum Gasteiger partial charge on any atom is -0.462 e. The molecular formula is C13H21NO2. The Hall–Kier alpha value is -1.06. The summed E-state index contributed by atoms with van der Waals surface area (Å²) in [4.78, 5) is 0. The summed E-state index contributed by atoms with van der Waals surface area (Å²) in [5.41, 5.74) is 1.18. The molecule has 1 aromatic heterocycles. The second-order valence-corrected chi connectivity index (χ2v) is 3.80. The lowest BCUT2D eigenvalue weighted by atomic mass is 10.2. The summed E-state index contributed by atoms with van der Waals surface area (Å²) < 4.78 is 11.0. The molecule has 1 heterocycles. The van der Waals surface area contributed by atoms with Gasteiger partial charge in [-0.2, -0.15) is 0 Å². The first kappa shape index (κ1) is 13.0. The van der Waals surface area contributed by atoms with Gasteiger partial charge in [0.1, 0.15) is 18.1 Å². The highest BCUT2D eigenvalue weighted by molar-refractivity contribution is 5.19. The third-order valence-corrected chi connectivity index (χ3v) is 2.26. The van der Waals surface area contributed by atoms with E-state index in [0.29, 0.717) is 13.2 Å². The van der Waals surface area contributed by atoms with Gasteiger partial charge in [0, 0.05) is 0 Å². The van der Waals surface area contributed by atoms with Crippen molar-refractivity contribution in [2.45, 2.75) is 33.4 Å². The van der Waals surface area contributed by atoms with Crippen molar-refractivity contribution in [1.29, 1.82) is 0 Å². The van der Waals surface area contributed by atoms with Gasteiger partial charge < -0.3 is 14.5 Å². The van der Waals surface area contributed by atoms with E-state index in [1.54, 1.807) is 6.08 Å². The zero-order valence-electron chi connectivity index (χ0n) is 10.2. The third-order valence-electron chi connectivity index (χ3n) is 2.26. The van der Waals surface area contributed by atoms with Gasteiger partial charge >= 0.3 is 0 Å². The van der Waals surface area contributed by atoms with E-state index in [4.69, 9.17) is 9.15 Å². The Balaban J connectivity index is 2.42. The molecule has 0 unspecified atom stereocenters. The fraction of sp³-hybridized carbons (Fsp3) is 0.538. The summed E-state index contributed by atoms with van der Waals surface area (Å²) in [6.07, 6.45) is 2.87. The molecule has 90 valence electrons. The van der Waals surface area contributed by atoms with Gasteiger partial charge in [-0.25, -0.2) is 0 Å². The van der Waals surface area contributed by atoms with E-state index in [1.165, 1.54) is 5.56 Å². The monoisotopic (exact) mass is 223 g/mol. The highest BCUT2D eigenvalue weighted by Gasteiger charge is 2.06. The maximum Gasteiger partial charge on any atom is 0.130 e. The highest BCUT2D eigenvalue weighted by atomic mass is 16.5. The van der Waals surface area contributed by atoms with Crippen LogP contribution in [-0.2, 0) is 17.9 Å². The summed E-state index contributed by atoms with van der Waals surface area (Å²) in [7, 11) is 0. The smallest absolute Gasteiger partial charge is 0.130 e. The number of rotatable bonds is 8. The van der Waals surface area contributed by atoms with Crippen LogP contribution in [0.15, 0.2) is 23.1 Å². The highest BCUT2D eigenvalue weighted by Crippen LogP contribution is 2.15. The van der Waals surface area contributed by atoms with Crippen LogP contribution >= 0.6 is 0 Å². The van der Waals surface area contributed by atoms with Crippen LogP contribution in [0.25, 0.3) is 0 Å². The predicted octanol–water partition coefficient (Wildman–Crippen LogP) is 2.79. The van der Waals surface area contributed by atoms with Gasteiger partial charge in [0.2, 0.25) is 0 Å². The van der Waals surface area contributed by atoms with Crippen LogP contribution < -0.4 is 5.32 Å². The van der Waals surface area contributed by atoms with Crippen LogP contribution in [0.5, 0.6) is 0 Å². The molecule has 0 bridgehead atoms. The maximum absolute atomic E-state index is 5.69. The molecular weight excluding hydrogens is 202 g/mol. The number of hydrogen-bond acceptors (Lipinski definition) is 3. The molecule has 0 amide bonds. The average Bonchev–Trinajstić information content (AvgIpc) is 2.61. The summed E-state index contributed by atoms with van der Waals surface area (Å²) in [5.74, 6) is 1.89. The fourth-order valence-electron chi connectivity index (χ4n) is 1.46. The van der Waals surface area contributed by atoms with Crippen LogP contribution in [0.2, 0.25) is 0 Å². The normalized spacial score (nSPS) is 10.6. The molecule has 0 saturated carbocycles.